The van der Waals surface area contributed by atoms with Crippen molar-refractivity contribution < 1.29 is 9.90 Å². The smallest absolute Gasteiger partial charge is 0.303 e. The van der Waals surface area contributed by atoms with Crippen LogP contribution in [0.15, 0.2) is 18.2 Å². The van der Waals surface area contributed by atoms with Crippen LogP contribution in [-0.4, -0.2) is 24.2 Å². The topological polar surface area (TPSA) is 64.3 Å². The number of nitriles is 1. The lowest BCUT2D eigenvalue weighted by atomic mass is 9.94. The molecule has 0 unspecified atom stereocenters. The molecule has 0 saturated carbocycles. The number of aryl methyl sites for hydroxylation is 1. The van der Waals surface area contributed by atoms with E-state index in [9.17, 15) is 4.79 Å². The van der Waals surface area contributed by atoms with E-state index in [0.29, 0.717) is 5.56 Å². The van der Waals surface area contributed by atoms with E-state index in [1.54, 1.807) is 0 Å². The molecule has 1 heterocycles. The summed E-state index contributed by atoms with van der Waals surface area (Å²) in [6.45, 7) is 3.44. The first-order valence-electron chi connectivity index (χ1n) is 5.57. The second-order valence-corrected chi connectivity index (χ2v) is 4.50. The lowest BCUT2D eigenvalue weighted by Gasteiger charge is -2.41. The monoisotopic (exact) mass is 230 g/mol. The first-order chi connectivity index (χ1) is 8.10. The normalized spacial score (nSPS) is 15.2. The molecule has 1 fully saturated rings. The van der Waals surface area contributed by atoms with Gasteiger partial charge >= 0.3 is 5.97 Å². The fraction of sp³-hybridized carbons (Fsp3) is 0.385. The van der Waals surface area contributed by atoms with Crippen molar-refractivity contribution >= 4 is 11.7 Å². The number of hydrogen-bond donors (Lipinski definition) is 1. The number of carboxylic acids is 1. The Morgan fingerprint density at radius 3 is 2.88 bits per heavy atom. The fourth-order valence-electron chi connectivity index (χ4n) is 2.14. The summed E-state index contributed by atoms with van der Waals surface area (Å²) < 4.78 is 0. The summed E-state index contributed by atoms with van der Waals surface area (Å²) >= 11 is 0. The van der Waals surface area contributed by atoms with Crippen molar-refractivity contribution in [3.05, 3.63) is 29.3 Å². The third-order valence-electron chi connectivity index (χ3n) is 3.03. The number of rotatable bonds is 3. The van der Waals surface area contributed by atoms with Crippen molar-refractivity contribution in [2.45, 2.75) is 13.3 Å². The molecule has 1 aromatic rings. The summed E-state index contributed by atoms with van der Waals surface area (Å²) in [7, 11) is 0. The van der Waals surface area contributed by atoms with Gasteiger partial charge in [0.05, 0.1) is 17.7 Å². The summed E-state index contributed by atoms with van der Waals surface area (Å²) in [6, 6.07) is 7.88. The Balaban J connectivity index is 2.08. The van der Waals surface area contributed by atoms with E-state index < -0.39 is 5.97 Å². The van der Waals surface area contributed by atoms with Gasteiger partial charge in [-0.1, -0.05) is 6.07 Å². The molecule has 88 valence electrons. The van der Waals surface area contributed by atoms with Crippen LogP contribution in [0.5, 0.6) is 0 Å². The van der Waals surface area contributed by atoms with E-state index >= 15 is 0 Å². The minimum atomic E-state index is -0.751. The highest BCUT2D eigenvalue weighted by Gasteiger charge is 2.29. The third-order valence-corrected chi connectivity index (χ3v) is 3.03. The first kappa shape index (κ1) is 11.5. The van der Waals surface area contributed by atoms with Crippen LogP contribution in [0.3, 0.4) is 0 Å². The zero-order valence-electron chi connectivity index (χ0n) is 9.68. The largest absolute Gasteiger partial charge is 0.481 e. The molecule has 0 atom stereocenters. The molecule has 1 saturated heterocycles. The molecule has 0 aromatic heterocycles. The van der Waals surface area contributed by atoms with Crippen LogP contribution in [0.2, 0.25) is 0 Å². The van der Waals surface area contributed by atoms with Crippen molar-refractivity contribution in [1.29, 1.82) is 5.26 Å². The van der Waals surface area contributed by atoms with Gasteiger partial charge in [-0.2, -0.15) is 5.26 Å². The number of nitrogens with zero attached hydrogens (tertiary/aromatic N) is 2. The molecule has 1 aliphatic rings. The van der Waals surface area contributed by atoms with Gasteiger partial charge in [0.1, 0.15) is 6.07 Å². The average Bonchev–Trinajstić information content (AvgIpc) is 2.22. The zero-order valence-corrected chi connectivity index (χ0v) is 9.68. The average molecular weight is 230 g/mol. The summed E-state index contributed by atoms with van der Waals surface area (Å²) in [6.07, 6.45) is 0.213. The molecule has 0 spiro atoms. The number of benzene rings is 1. The predicted molar refractivity (Wildman–Crippen MR) is 63.8 cm³/mol. The number of carbonyl (C=O) groups is 1. The Morgan fingerprint density at radius 1 is 1.59 bits per heavy atom. The van der Waals surface area contributed by atoms with Gasteiger partial charge < -0.3 is 10.0 Å². The van der Waals surface area contributed by atoms with Crippen molar-refractivity contribution in [2.24, 2.45) is 5.92 Å². The summed E-state index contributed by atoms with van der Waals surface area (Å²) in [4.78, 5) is 12.6. The van der Waals surface area contributed by atoms with Gasteiger partial charge in [-0.15, -0.1) is 0 Å². The Labute approximate surface area is 100 Å². The molecule has 1 aromatic carbocycles. The Bertz CT molecular complexity index is 485. The molecule has 0 aliphatic carbocycles. The van der Waals surface area contributed by atoms with Crippen LogP contribution >= 0.6 is 0 Å². The maximum absolute atomic E-state index is 10.6. The molecule has 17 heavy (non-hydrogen) atoms. The fourth-order valence-corrected chi connectivity index (χ4v) is 2.14. The van der Waals surface area contributed by atoms with E-state index in [4.69, 9.17) is 10.4 Å². The molecular formula is C13H14N2O2. The number of hydrogen-bond acceptors (Lipinski definition) is 3. The van der Waals surface area contributed by atoms with Gasteiger partial charge in [0.25, 0.3) is 0 Å². The maximum Gasteiger partial charge on any atom is 0.303 e. The van der Waals surface area contributed by atoms with Crippen molar-refractivity contribution in [3.8, 4) is 6.07 Å². The third kappa shape index (κ3) is 2.39. The Morgan fingerprint density at radius 2 is 2.29 bits per heavy atom. The molecule has 1 N–H and O–H groups in total. The van der Waals surface area contributed by atoms with Crippen LogP contribution in [0.25, 0.3) is 0 Å². The lowest BCUT2D eigenvalue weighted by Crippen LogP contribution is -2.47. The molecule has 4 heteroatoms. The van der Waals surface area contributed by atoms with E-state index in [1.807, 2.05) is 25.1 Å². The summed E-state index contributed by atoms with van der Waals surface area (Å²) in [5, 5.41) is 17.7. The second-order valence-electron chi connectivity index (χ2n) is 4.50. The van der Waals surface area contributed by atoms with E-state index in [2.05, 4.69) is 11.0 Å². The molecule has 0 amide bonds. The van der Waals surface area contributed by atoms with Crippen LogP contribution in [0.4, 0.5) is 5.69 Å². The van der Waals surface area contributed by atoms with Gasteiger partial charge in [-0.05, 0) is 24.6 Å². The minimum Gasteiger partial charge on any atom is -0.481 e. The van der Waals surface area contributed by atoms with Crippen molar-refractivity contribution in [3.63, 3.8) is 0 Å². The van der Waals surface area contributed by atoms with Crippen LogP contribution < -0.4 is 4.90 Å². The van der Waals surface area contributed by atoms with Crippen LogP contribution in [0.1, 0.15) is 17.5 Å². The predicted octanol–water partition coefficient (Wildman–Crippen LogP) is 1.78. The molecule has 4 nitrogen and oxygen atoms in total. The Kier molecular flexibility index (Phi) is 3.01. The maximum atomic E-state index is 10.6. The molecule has 2 rings (SSSR count). The number of aliphatic carboxylic acids is 1. The number of anilines is 1. The van der Waals surface area contributed by atoms with Crippen LogP contribution in [0, 0.1) is 24.2 Å². The summed E-state index contributed by atoms with van der Waals surface area (Å²) in [5.41, 5.74) is 2.69. The van der Waals surface area contributed by atoms with E-state index in [0.717, 1.165) is 24.3 Å². The highest BCUT2D eigenvalue weighted by molar-refractivity contribution is 5.68. The van der Waals surface area contributed by atoms with Crippen LogP contribution in [-0.2, 0) is 4.79 Å². The standard InChI is InChI=1S/C13H14N2O2/c1-9-2-3-11(6-14)12(4-9)15-7-10(8-15)5-13(16)17/h2-4,10H,5,7-8H2,1H3,(H,16,17). The van der Waals surface area contributed by atoms with E-state index in [-0.39, 0.29) is 12.3 Å². The molecule has 0 radical (unpaired) electrons. The first-order valence-corrected chi connectivity index (χ1v) is 5.57. The van der Waals surface area contributed by atoms with Gasteiger partial charge in [0, 0.05) is 19.0 Å². The van der Waals surface area contributed by atoms with Gasteiger partial charge in [0.15, 0.2) is 0 Å². The Hall–Kier alpha value is -2.02. The highest BCUT2D eigenvalue weighted by Crippen LogP contribution is 2.29. The lowest BCUT2D eigenvalue weighted by molar-refractivity contribution is -0.138. The summed E-state index contributed by atoms with van der Waals surface area (Å²) in [5.74, 6) is -0.543. The zero-order chi connectivity index (χ0) is 12.4. The second kappa shape index (κ2) is 4.46. The highest BCUT2D eigenvalue weighted by atomic mass is 16.4. The molecule has 0 bridgehead atoms. The quantitative estimate of drug-likeness (QED) is 0.859. The van der Waals surface area contributed by atoms with Crippen molar-refractivity contribution in [2.75, 3.05) is 18.0 Å². The van der Waals surface area contributed by atoms with E-state index in [1.165, 1.54) is 0 Å². The molecule has 1 aliphatic heterocycles. The van der Waals surface area contributed by atoms with Crippen molar-refractivity contribution in [1.82, 2.24) is 0 Å². The SMILES string of the molecule is Cc1ccc(C#N)c(N2CC(CC(=O)O)C2)c1. The minimum absolute atomic E-state index is 0.208. The number of carboxylic acid groups (broad SMARTS) is 1. The van der Waals surface area contributed by atoms with Gasteiger partial charge in [-0.25, -0.2) is 0 Å². The van der Waals surface area contributed by atoms with Gasteiger partial charge in [-0.3, -0.25) is 4.79 Å². The van der Waals surface area contributed by atoms with Gasteiger partial charge in [0.2, 0.25) is 0 Å². The molecular weight excluding hydrogens is 216 g/mol.